The van der Waals surface area contributed by atoms with E-state index in [2.05, 4.69) is 4.98 Å². The first-order chi connectivity index (χ1) is 11.4. The normalized spacial score (nSPS) is 27.5. The highest BCUT2D eigenvalue weighted by Gasteiger charge is 2.51. The van der Waals surface area contributed by atoms with Crippen LogP contribution in [0.25, 0.3) is 11.1 Å². The summed E-state index contributed by atoms with van der Waals surface area (Å²) in [5.74, 6) is -1.24. The largest absolute Gasteiger partial charge is 0.442 e. The SMILES string of the molecule is O=C(O[C@H](c1nc2ccccc2o1)C(F)(F)F)[C@H]1C[C@H]2CC[C@H]1C2. The molecular formula is C17H16F3NO3. The Balaban J connectivity index is 1.59. The topological polar surface area (TPSA) is 52.3 Å². The van der Waals surface area contributed by atoms with Crippen LogP contribution in [0.3, 0.4) is 0 Å². The summed E-state index contributed by atoms with van der Waals surface area (Å²) in [6.07, 6.45) is -3.74. The van der Waals surface area contributed by atoms with Crippen molar-refractivity contribution in [3.05, 3.63) is 30.2 Å². The average molecular weight is 339 g/mol. The van der Waals surface area contributed by atoms with Crippen molar-refractivity contribution in [2.24, 2.45) is 17.8 Å². The van der Waals surface area contributed by atoms with E-state index >= 15 is 0 Å². The fourth-order valence-corrected chi connectivity index (χ4v) is 4.00. The Morgan fingerprint density at radius 1 is 1.25 bits per heavy atom. The van der Waals surface area contributed by atoms with Gasteiger partial charge in [0.25, 0.3) is 6.10 Å². The number of ether oxygens (including phenoxy) is 1. The van der Waals surface area contributed by atoms with Crippen molar-refractivity contribution in [1.29, 1.82) is 0 Å². The van der Waals surface area contributed by atoms with Crippen LogP contribution in [0.4, 0.5) is 13.2 Å². The van der Waals surface area contributed by atoms with Crippen LogP contribution in [0.15, 0.2) is 28.7 Å². The highest BCUT2D eigenvalue weighted by atomic mass is 19.4. The zero-order valence-corrected chi connectivity index (χ0v) is 12.8. The molecule has 0 spiro atoms. The fraction of sp³-hybridized carbons (Fsp3) is 0.529. The van der Waals surface area contributed by atoms with Crippen molar-refractivity contribution in [3.8, 4) is 0 Å². The molecule has 24 heavy (non-hydrogen) atoms. The molecule has 4 atom stereocenters. The Bertz CT molecular complexity index is 737. The Kier molecular flexibility index (Phi) is 3.54. The van der Waals surface area contributed by atoms with Gasteiger partial charge >= 0.3 is 12.1 Å². The molecule has 128 valence electrons. The lowest BCUT2D eigenvalue weighted by Crippen LogP contribution is -2.31. The quantitative estimate of drug-likeness (QED) is 0.777. The van der Waals surface area contributed by atoms with Crippen LogP contribution >= 0.6 is 0 Å². The van der Waals surface area contributed by atoms with E-state index in [4.69, 9.17) is 9.15 Å². The van der Waals surface area contributed by atoms with Gasteiger partial charge in [-0.3, -0.25) is 4.79 Å². The minimum absolute atomic E-state index is 0.153. The molecule has 2 fully saturated rings. The van der Waals surface area contributed by atoms with E-state index in [1.165, 1.54) is 6.07 Å². The zero-order valence-electron chi connectivity index (χ0n) is 12.8. The Morgan fingerprint density at radius 3 is 2.67 bits per heavy atom. The van der Waals surface area contributed by atoms with Crippen molar-refractivity contribution in [2.75, 3.05) is 0 Å². The van der Waals surface area contributed by atoms with E-state index in [0.29, 0.717) is 17.9 Å². The lowest BCUT2D eigenvalue weighted by Gasteiger charge is -2.23. The predicted molar refractivity (Wildman–Crippen MR) is 77.8 cm³/mol. The molecule has 2 saturated carbocycles. The maximum absolute atomic E-state index is 13.4. The van der Waals surface area contributed by atoms with Gasteiger partial charge in [0, 0.05) is 0 Å². The van der Waals surface area contributed by atoms with Crippen LogP contribution in [0, 0.1) is 17.8 Å². The number of oxazole rings is 1. The standard InChI is InChI=1S/C17H16F3NO3/c18-17(19,20)14(15-21-12-3-1-2-4-13(12)23-15)24-16(22)11-8-9-5-6-10(11)7-9/h1-4,9-11,14H,5-8H2/t9-,10-,11-,14+/m0/s1. The van der Waals surface area contributed by atoms with E-state index in [9.17, 15) is 18.0 Å². The lowest BCUT2D eigenvalue weighted by molar-refractivity contribution is -0.232. The summed E-state index contributed by atoms with van der Waals surface area (Å²) in [6, 6.07) is 6.37. The molecule has 1 aromatic heterocycles. The number of esters is 1. The van der Waals surface area contributed by atoms with Gasteiger partial charge in [0.05, 0.1) is 5.92 Å². The van der Waals surface area contributed by atoms with Gasteiger partial charge in [0.1, 0.15) is 5.52 Å². The number of alkyl halides is 3. The number of para-hydroxylation sites is 2. The van der Waals surface area contributed by atoms with Crippen LogP contribution in [0.5, 0.6) is 0 Å². The van der Waals surface area contributed by atoms with E-state index in [0.717, 1.165) is 19.3 Å². The molecule has 7 heteroatoms. The van der Waals surface area contributed by atoms with Crippen LogP contribution in [-0.2, 0) is 9.53 Å². The molecule has 1 heterocycles. The first-order valence-electron chi connectivity index (χ1n) is 8.04. The molecular weight excluding hydrogens is 323 g/mol. The summed E-state index contributed by atoms with van der Waals surface area (Å²) in [6.45, 7) is 0. The number of hydrogen-bond donors (Lipinski definition) is 0. The molecule has 2 aliphatic rings. The molecule has 0 aliphatic heterocycles. The number of rotatable bonds is 3. The van der Waals surface area contributed by atoms with Crippen LogP contribution in [-0.4, -0.2) is 17.1 Å². The predicted octanol–water partition coefficient (Wildman–Crippen LogP) is 4.41. The maximum Gasteiger partial charge on any atom is 0.434 e. The van der Waals surface area contributed by atoms with Crippen LogP contribution in [0.2, 0.25) is 0 Å². The second-order valence-electron chi connectivity index (χ2n) is 6.66. The van der Waals surface area contributed by atoms with Gasteiger partial charge in [-0.15, -0.1) is 0 Å². The third-order valence-corrected chi connectivity index (χ3v) is 5.11. The summed E-state index contributed by atoms with van der Waals surface area (Å²) < 4.78 is 50.2. The van der Waals surface area contributed by atoms with Gasteiger partial charge in [0.15, 0.2) is 5.58 Å². The Labute approximate surface area is 136 Å². The molecule has 4 nitrogen and oxygen atoms in total. The number of nitrogens with zero attached hydrogens (tertiary/aromatic N) is 1. The van der Waals surface area contributed by atoms with Crippen molar-refractivity contribution in [2.45, 2.75) is 38.0 Å². The van der Waals surface area contributed by atoms with Crippen LogP contribution in [0.1, 0.15) is 37.7 Å². The summed E-state index contributed by atoms with van der Waals surface area (Å²) in [5, 5.41) is 0. The number of fused-ring (bicyclic) bond motifs is 3. The summed E-state index contributed by atoms with van der Waals surface area (Å²) in [7, 11) is 0. The third-order valence-electron chi connectivity index (χ3n) is 5.11. The zero-order chi connectivity index (χ0) is 16.9. The minimum atomic E-state index is -4.77. The Morgan fingerprint density at radius 2 is 2.04 bits per heavy atom. The van der Waals surface area contributed by atoms with E-state index in [1.807, 2.05) is 0 Å². The van der Waals surface area contributed by atoms with Gasteiger partial charge in [-0.25, -0.2) is 4.98 Å². The van der Waals surface area contributed by atoms with Gasteiger partial charge in [-0.2, -0.15) is 13.2 Å². The smallest absolute Gasteiger partial charge is 0.434 e. The average Bonchev–Trinajstić information content (AvgIpc) is 3.24. The molecule has 2 aliphatic carbocycles. The third kappa shape index (κ3) is 2.65. The summed E-state index contributed by atoms with van der Waals surface area (Å²) in [4.78, 5) is 16.1. The summed E-state index contributed by atoms with van der Waals surface area (Å²) >= 11 is 0. The second kappa shape index (κ2) is 5.50. The maximum atomic E-state index is 13.4. The Hall–Kier alpha value is -2.05. The van der Waals surface area contributed by atoms with Gasteiger partial charge < -0.3 is 9.15 Å². The van der Waals surface area contributed by atoms with Crippen LogP contribution < -0.4 is 0 Å². The molecule has 0 unspecified atom stereocenters. The summed E-state index contributed by atoms with van der Waals surface area (Å²) in [5.41, 5.74) is 0.537. The number of benzene rings is 1. The number of carbonyl (C=O) groups is 1. The monoisotopic (exact) mass is 339 g/mol. The van der Waals surface area contributed by atoms with E-state index in [1.54, 1.807) is 18.2 Å². The molecule has 0 N–H and O–H groups in total. The van der Waals surface area contributed by atoms with Crippen molar-refractivity contribution in [3.63, 3.8) is 0 Å². The minimum Gasteiger partial charge on any atom is -0.442 e. The first-order valence-corrected chi connectivity index (χ1v) is 8.04. The van der Waals surface area contributed by atoms with Gasteiger partial charge in [-0.1, -0.05) is 18.6 Å². The molecule has 2 bridgehead atoms. The van der Waals surface area contributed by atoms with E-state index < -0.39 is 30.1 Å². The molecule has 0 radical (unpaired) electrons. The highest BCUT2D eigenvalue weighted by Crippen LogP contribution is 2.49. The molecule has 0 saturated heterocycles. The number of hydrogen-bond acceptors (Lipinski definition) is 4. The first kappa shape index (κ1) is 15.5. The number of halogens is 3. The molecule has 0 amide bonds. The van der Waals surface area contributed by atoms with Gasteiger partial charge in [0.2, 0.25) is 5.89 Å². The molecule has 1 aromatic carbocycles. The van der Waals surface area contributed by atoms with Crippen molar-refractivity contribution >= 4 is 17.1 Å². The van der Waals surface area contributed by atoms with Crippen molar-refractivity contribution in [1.82, 2.24) is 4.98 Å². The highest BCUT2D eigenvalue weighted by molar-refractivity contribution is 5.74. The fourth-order valence-electron chi connectivity index (χ4n) is 4.00. The second-order valence-corrected chi connectivity index (χ2v) is 6.66. The molecule has 4 rings (SSSR count). The number of carbonyl (C=O) groups excluding carboxylic acids is 1. The lowest BCUT2D eigenvalue weighted by atomic mass is 9.89. The molecule has 2 aromatic rings. The van der Waals surface area contributed by atoms with Gasteiger partial charge in [-0.05, 0) is 43.2 Å². The number of aromatic nitrogens is 1. The van der Waals surface area contributed by atoms with Crippen molar-refractivity contribution < 1.29 is 27.1 Å². The van der Waals surface area contributed by atoms with E-state index in [-0.39, 0.29) is 11.5 Å².